The first-order valence-corrected chi connectivity index (χ1v) is 7.73. The average Bonchev–Trinajstić information content (AvgIpc) is 2.85. The van der Waals surface area contributed by atoms with Crippen LogP contribution in [0.5, 0.6) is 11.5 Å². The maximum absolute atomic E-state index is 5.61. The predicted octanol–water partition coefficient (Wildman–Crippen LogP) is 3.62. The van der Waals surface area contributed by atoms with Crippen molar-refractivity contribution in [2.24, 2.45) is 11.8 Å². The molecule has 3 heteroatoms. The standard InChI is InChI=1S/C17H27NO2/c1-4-20-17-10-15(7-8-16(17)19-3)12-18-11-14-6-5-13(2)9-14/h7-8,10,13-14,18H,4-6,9,11-12H2,1-3H3. The Kier molecular flexibility index (Phi) is 5.72. The third-order valence-electron chi connectivity index (χ3n) is 4.09. The molecular weight excluding hydrogens is 250 g/mol. The van der Waals surface area contributed by atoms with Gasteiger partial charge in [0.15, 0.2) is 11.5 Å². The molecule has 0 bridgehead atoms. The number of rotatable bonds is 7. The van der Waals surface area contributed by atoms with Gasteiger partial charge in [-0.2, -0.15) is 0 Å². The van der Waals surface area contributed by atoms with Crippen molar-refractivity contribution in [3.05, 3.63) is 23.8 Å². The molecule has 0 spiro atoms. The molecule has 1 fully saturated rings. The van der Waals surface area contributed by atoms with Gasteiger partial charge >= 0.3 is 0 Å². The summed E-state index contributed by atoms with van der Waals surface area (Å²) in [5.41, 5.74) is 1.25. The molecule has 3 nitrogen and oxygen atoms in total. The topological polar surface area (TPSA) is 30.5 Å². The Labute approximate surface area is 122 Å². The van der Waals surface area contributed by atoms with E-state index in [1.54, 1.807) is 7.11 Å². The second kappa shape index (κ2) is 7.53. The number of benzene rings is 1. The fourth-order valence-corrected chi connectivity index (χ4v) is 3.03. The van der Waals surface area contributed by atoms with E-state index in [0.29, 0.717) is 6.61 Å². The average molecular weight is 277 g/mol. The van der Waals surface area contributed by atoms with Crippen molar-refractivity contribution in [3.63, 3.8) is 0 Å². The van der Waals surface area contributed by atoms with Crippen molar-refractivity contribution in [2.75, 3.05) is 20.3 Å². The maximum atomic E-state index is 5.61. The minimum absolute atomic E-state index is 0.660. The van der Waals surface area contributed by atoms with Crippen LogP contribution in [0.4, 0.5) is 0 Å². The van der Waals surface area contributed by atoms with Crippen LogP contribution in [0.15, 0.2) is 18.2 Å². The second-order valence-corrected chi connectivity index (χ2v) is 5.83. The molecule has 1 aromatic rings. The van der Waals surface area contributed by atoms with Gasteiger partial charge in [-0.05, 0) is 55.8 Å². The lowest BCUT2D eigenvalue weighted by molar-refractivity contribution is 0.310. The predicted molar refractivity (Wildman–Crippen MR) is 82.4 cm³/mol. The first-order chi connectivity index (χ1) is 9.72. The van der Waals surface area contributed by atoms with Crippen LogP contribution in [-0.2, 0) is 6.54 Å². The Morgan fingerprint density at radius 3 is 2.75 bits per heavy atom. The second-order valence-electron chi connectivity index (χ2n) is 5.83. The molecule has 2 atom stereocenters. The molecule has 112 valence electrons. The molecule has 1 saturated carbocycles. The van der Waals surface area contributed by atoms with Crippen molar-refractivity contribution in [3.8, 4) is 11.5 Å². The SMILES string of the molecule is CCOc1cc(CNCC2CCC(C)C2)ccc1OC. The van der Waals surface area contributed by atoms with Gasteiger partial charge in [0.2, 0.25) is 0 Å². The highest BCUT2D eigenvalue weighted by atomic mass is 16.5. The van der Waals surface area contributed by atoms with Crippen molar-refractivity contribution >= 4 is 0 Å². The van der Waals surface area contributed by atoms with Crippen molar-refractivity contribution in [1.82, 2.24) is 5.32 Å². The number of hydrogen-bond donors (Lipinski definition) is 1. The van der Waals surface area contributed by atoms with Crippen LogP contribution in [0.25, 0.3) is 0 Å². The lowest BCUT2D eigenvalue weighted by atomic mass is 10.1. The van der Waals surface area contributed by atoms with Crippen LogP contribution in [0, 0.1) is 11.8 Å². The number of ether oxygens (including phenoxy) is 2. The summed E-state index contributed by atoms with van der Waals surface area (Å²) in [6, 6.07) is 6.16. The normalized spacial score (nSPS) is 21.9. The number of nitrogens with one attached hydrogen (secondary N) is 1. The third-order valence-corrected chi connectivity index (χ3v) is 4.09. The Balaban J connectivity index is 1.84. The Morgan fingerprint density at radius 2 is 2.10 bits per heavy atom. The highest BCUT2D eigenvalue weighted by Gasteiger charge is 2.20. The van der Waals surface area contributed by atoms with Crippen molar-refractivity contribution in [2.45, 2.75) is 39.7 Å². The van der Waals surface area contributed by atoms with Gasteiger partial charge in [0, 0.05) is 6.54 Å². The summed E-state index contributed by atoms with van der Waals surface area (Å²) in [7, 11) is 1.68. The highest BCUT2D eigenvalue weighted by Crippen LogP contribution is 2.30. The molecule has 1 aliphatic carbocycles. The van der Waals surface area contributed by atoms with Gasteiger partial charge in [0.05, 0.1) is 13.7 Å². The van der Waals surface area contributed by atoms with Crippen LogP contribution in [0.3, 0.4) is 0 Å². The van der Waals surface area contributed by atoms with Gasteiger partial charge < -0.3 is 14.8 Å². The summed E-state index contributed by atoms with van der Waals surface area (Å²) >= 11 is 0. The fraction of sp³-hybridized carbons (Fsp3) is 0.647. The van der Waals surface area contributed by atoms with Gasteiger partial charge in [-0.1, -0.05) is 19.4 Å². The molecule has 0 radical (unpaired) electrons. The zero-order valence-electron chi connectivity index (χ0n) is 12.9. The maximum Gasteiger partial charge on any atom is 0.161 e. The lowest BCUT2D eigenvalue weighted by Crippen LogP contribution is -2.21. The molecule has 0 aliphatic heterocycles. The van der Waals surface area contributed by atoms with Crippen molar-refractivity contribution in [1.29, 1.82) is 0 Å². The van der Waals surface area contributed by atoms with E-state index in [0.717, 1.165) is 36.4 Å². The minimum Gasteiger partial charge on any atom is -0.493 e. The molecular formula is C17H27NO2. The summed E-state index contributed by atoms with van der Waals surface area (Å²) in [4.78, 5) is 0. The molecule has 1 aromatic carbocycles. The van der Waals surface area contributed by atoms with E-state index in [1.807, 2.05) is 13.0 Å². The van der Waals surface area contributed by atoms with Gasteiger partial charge in [-0.15, -0.1) is 0 Å². The minimum atomic E-state index is 0.660. The molecule has 0 saturated heterocycles. The van der Waals surface area contributed by atoms with Crippen LogP contribution >= 0.6 is 0 Å². The first kappa shape index (κ1) is 15.2. The van der Waals surface area contributed by atoms with Crippen LogP contribution in [0.1, 0.15) is 38.7 Å². The van der Waals surface area contributed by atoms with Gasteiger partial charge in [-0.25, -0.2) is 0 Å². The lowest BCUT2D eigenvalue weighted by Gasteiger charge is -2.13. The third kappa shape index (κ3) is 4.14. The van der Waals surface area contributed by atoms with E-state index in [1.165, 1.54) is 24.8 Å². The molecule has 2 rings (SSSR count). The van der Waals surface area contributed by atoms with Crippen molar-refractivity contribution < 1.29 is 9.47 Å². The smallest absolute Gasteiger partial charge is 0.161 e. The van der Waals surface area contributed by atoms with E-state index in [-0.39, 0.29) is 0 Å². The first-order valence-electron chi connectivity index (χ1n) is 7.73. The monoisotopic (exact) mass is 277 g/mol. The summed E-state index contributed by atoms with van der Waals surface area (Å²) in [6.07, 6.45) is 4.14. The summed E-state index contributed by atoms with van der Waals surface area (Å²) in [5.74, 6) is 3.41. The number of hydrogen-bond acceptors (Lipinski definition) is 3. The molecule has 1 aliphatic rings. The highest BCUT2D eigenvalue weighted by molar-refractivity contribution is 5.42. The Bertz CT molecular complexity index is 419. The van der Waals surface area contributed by atoms with E-state index >= 15 is 0 Å². The largest absolute Gasteiger partial charge is 0.493 e. The van der Waals surface area contributed by atoms with E-state index in [4.69, 9.17) is 9.47 Å². The molecule has 0 aromatic heterocycles. The molecule has 0 amide bonds. The van der Waals surface area contributed by atoms with Crippen LogP contribution in [0.2, 0.25) is 0 Å². The molecule has 2 unspecified atom stereocenters. The zero-order chi connectivity index (χ0) is 14.4. The summed E-state index contributed by atoms with van der Waals surface area (Å²) < 4.78 is 10.9. The van der Waals surface area contributed by atoms with E-state index in [2.05, 4.69) is 24.4 Å². The summed E-state index contributed by atoms with van der Waals surface area (Å²) in [6.45, 7) is 7.03. The Morgan fingerprint density at radius 1 is 1.25 bits per heavy atom. The Hall–Kier alpha value is -1.22. The molecule has 20 heavy (non-hydrogen) atoms. The van der Waals surface area contributed by atoms with Crippen LogP contribution in [-0.4, -0.2) is 20.3 Å². The van der Waals surface area contributed by atoms with Gasteiger partial charge in [0.25, 0.3) is 0 Å². The number of methoxy groups -OCH3 is 1. The van der Waals surface area contributed by atoms with Gasteiger partial charge in [-0.3, -0.25) is 0 Å². The van der Waals surface area contributed by atoms with Crippen LogP contribution < -0.4 is 14.8 Å². The van der Waals surface area contributed by atoms with Gasteiger partial charge in [0.1, 0.15) is 0 Å². The molecule has 0 heterocycles. The molecule has 1 N–H and O–H groups in total. The fourth-order valence-electron chi connectivity index (χ4n) is 3.03. The zero-order valence-corrected chi connectivity index (χ0v) is 12.9. The summed E-state index contributed by atoms with van der Waals surface area (Å²) in [5, 5.41) is 3.57. The van der Waals surface area contributed by atoms with E-state index in [9.17, 15) is 0 Å². The van der Waals surface area contributed by atoms with E-state index < -0.39 is 0 Å². The quantitative estimate of drug-likeness (QED) is 0.825.